The lowest BCUT2D eigenvalue weighted by Gasteiger charge is -2.27. The lowest BCUT2D eigenvalue weighted by atomic mass is 10.1. The van der Waals surface area contributed by atoms with Gasteiger partial charge in [-0.1, -0.05) is 29.8 Å². The van der Waals surface area contributed by atoms with Crippen molar-refractivity contribution in [1.29, 1.82) is 0 Å². The van der Waals surface area contributed by atoms with Crippen molar-refractivity contribution in [3.63, 3.8) is 0 Å². The van der Waals surface area contributed by atoms with E-state index in [1.165, 1.54) is 4.90 Å². The van der Waals surface area contributed by atoms with Crippen LogP contribution >= 0.6 is 35.6 Å². The number of nitrogens with one attached hydrogen (secondary N) is 1. The van der Waals surface area contributed by atoms with Gasteiger partial charge in [0.05, 0.1) is 0 Å². The van der Waals surface area contributed by atoms with Crippen LogP contribution in [0.2, 0.25) is 5.02 Å². The second-order valence-electron chi connectivity index (χ2n) is 5.71. The summed E-state index contributed by atoms with van der Waals surface area (Å²) in [4.78, 5) is 31.1. The van der Waals surface area contributed by atoms with Crippen molar-refractivity contribution in [2.24, 2.45) is 4.99 Å². The Balaban J connectivity index is 0.00000312. The highest BCUT2D eigenvalue weighted by Crippen LogP contribution is 2.16. The number of benzene rings is 1. The number of hydrogen-bond acceptors (Lipinski definition) is 3. The zero-order valence-corrected chi connectivity index (χ0v) is 17.6. The van der Waals surface area contributed by atoms with Crippen LogP contribution in [0.3, 0.4) is 0 Å². The molecule has 1 N–H and O–H groups in total. The Kier molecular flexibility index (Phi) is 9.20. The van der Waals surface area contributed by atoms with Crippen molar-refractivity contribution in [1.82, 2.24) is 15.1 Å². The van der Waals surface area contributed by atoms with Gasteiger partial charge in [-0.05, 0) is 18.1 Å². The van der Waals surface area contributed by atoms with E-state index in [2.05, 4.69) is 10.3 Å². The first-order valence-corrected chi connectivity index (χ1v) is 8.39. The van der Waals surface area contributed by atoms with Crippen LogP contribution in [-0.2, 0) is 16.1 Å². The van der Waals surface area contributed by atoms with Crippen LogP contribution in [0.5, 0.6) is 0 Å². The Bertz CT molecular complexity index is 623. The number of guanidine groups is 1. The summed E-state index contributed by atoms with van der Waals surface area (Å²) in [6.07, 6.45) is 1.56. The Hall–Kier alpha value is -1.35. The van der Waals surface area contributed by atoms with Gasteiger partial charge in [0.15, 0.2) is 5.96 Å². The van der Waals surface area contributed by atoms with Gasteiger partial charge in [-0.2, -0.15) is 0 Å². The predicted molar refractivity (Wildman–Crippen MR) is 110 cm³/mol. The number of carbonyl (C=O) groups excluding carboxylic acids is 2. The van der Waals surface area contributed by atoms with Gasteiger partial charge in [0.25, 0.3) is 0 Å². The number of aliphatic imine (C=N–C) groups is 1. The van der Waals surface area contributed by atoms with Gasteiger partial charge in [0.2, 0.25) is 11.8 Å². The summed E-state index contributed by atoms with van der Waals surface area (Å²) in [6, 6.07) is 7.66. The van der Waals surface area contributed by atoms with E-state index in [0.29, 0.717) is 49.9 Å². The molecule has 0 radical (unpaired) electrons. The number of nitrogens with zero attached hydrogens (tertiary/aromatic N) is 3. The molecule has 1 aliphatic rings. The van der Waals surface area contributed by atoms with Crippen molar-refractivity contribution >= 4 is 53.4 Å². The molecule has 25 heavy (non-hydrogen) atoms. The Morgan fingerprint density at radius 3 is 2.52 bits per heavy atom. The van der Waals surface area contributed by atoms with Crippen LogP contribution in [0.4, 0.5) is 0 Å². The van der Waals surface area contributed by atoms with E-state index in [-0.39, 0.29) is 35.8 Å². The molecule has 0 bridgehead atoms. The van der Waals surface area contributed by atoms with Crippen LogP contribution in [0.25, 0.3) is 0 Å². The molecule has 0 atom stereocenters. The molecular formula is C17H24ClIN4O2. The zero-order valence-electron chi connectivity index (χ0n) is 14.5. The molecular weight excluding hydrogens is 455 g/mol. The zero-order chi connectivity index (χ0) is 17.5. The van der Waals surface area contributed by atoms with Gasteiger partial charge < -0.3 is 10.2 Å². The summed E-state index contributed by atoms with van der Waals surface area (Å²) in [5.41, 5.74) is 1.01. The number of carbonyl (C=O) groups is 2. The first-order chi connectivity index (χ1) is 11.5. The Morgan fingerprint density at radius 1 is 1.28 bits per heavy atom. The number of amides is 2. The quantitative estimate of drug-likeness (QED) is 0.306. The lowest BCUT2D eigenvalue weighted by Crippen LogP contribution is -2.46. The molecule has 0 unspecified atom stereocenters. The topological polar surface area (TPSA) is 65.0 Å². The van der Waals surface area contributed by atoms with Crippen LogP contribution in [0, 0.1) is 0 Å². The lowest BCUT2D eigenvalue weighted by molar-refractivity contribution is -0.147. The Morgan fingerprint density at radius 2 is 1.92 bits per heavy atom. The predicted octanol–water partition coefficient (Wildman–Crippen LogP) is 2.50. The van der Waals surface area contributed by atoms with Gasteiger partial charge in [-0.15, -0.1) is 24.0 Å². The average Bonchev–Trinajstić information content (AvgIpc) is 2.56. The summed E-state index contributed by atoms with van der Waals surface area (Å²) in [6.45, 7) is 1.44. The molecule has 2 rings (SSSR count). The third-order valence-corrected chi connectivity index (χ3v) is 4.31. The fourth-order valence-electron chi connectivity index (χ4n) is 2.67. The number of piperidine rings is 1. The largest absolute Gasteiger partial charge is 0.354 e. The molecule has 1 aromatic carbocycles. The highest BCUT2D eigenvalue weighted by atomic mass is 127. The smallest absolute Gasteiger partial charge is 0.229 e. The van der Waals surface area contributed by atoms with Gasteiger partial charge in [0.1, 0.15) is 0 Å². The molecule has 1 heterocycles. The number of imide groups is 1. The first kappa shape index (κ1) is 21.7. The normalized spacial score (nSPS) is 15.0. The number of halogens is 2. The molecule has 1 aromatic rings. The molecule has 0 spiro atoms. The van der Waals surface area contributed by atoms with Crippen LogP contribution in [-0.4, -0.2) is 54.8 Å². The molecule has 1 fully saturated rings. The van der Waals surface area contributed by atoms with Crippen LogP contribution < -0.4 is 5.32 Å². The minimum atomic E-state index is -0.0903. The third-order valence-electron chi connectivity index (χ3n) is 3.94. The summed E-state index contributed by atoms with van der Waals surface area (Å²) < 4.78 is 0. The highest BCUT2D eigenvalue weighted by Gasteiger charge is 2.25. The second-order valence-corrected chi connectivity index (χ2v) is 6.12. The van der Waals surface area contributed by atoms with E-state index in [9.17, 15) is 9.59 Å². The molecule has 1 aliphatic heterocycles. The molecule has 0 aromatic heterocycles. The molecule has 0 aliphatic carbocycles. The molecule has 1 saturated heterocycles. The standard InChI is InChI=1S/C17H23ClN4O2.HI/c1-19-17(21(2)12-13-6-3-4-7-14(13)18)20-10-11-22-15(23)8-5-9-16(22)24;/h3-4,6-7H,5,8-12H2,1-2H3,(H,19,20);1H. The van der Waals surface area contributed by atoms with Gasteiger partial charge in [-0.25, -0.2) is 0 Å². The minimum Gasteiger partial charge on any atom is -0.354 e. The average molecular weight is 479 g/mol. The second kappa shape index (κ2) is 10.6. The number of likely N-dealkylation sites (tertiary alicyclic amines) is 1. The third kappa shape index (κ3) is 6.14. The fraction of sp³-hybridized carbons (Fsp3) is 0.471. The highest BCUT2D eigenvalue weighted by molar-refractivity contribution is 14.0. The van der Waals surface area contributed by atoms with Crippen molar-refractivity contribution in [3.8, 4) is 0 Å². The van der Waals surface area contributed by atoms with Crippen molar-refractivity contribution < 1.29 is 9.59 Å². The fourth-order valence-corrected chi connectivity index (χ4v) is 2.87. The van der Waals surface area contributed by atoms with Gasteiger partial charge >= 0.3 is 0 Å². The molecule has 0 saturated carbocycles. The summed E-state index contributed by atoms with van der Waals surface area (Å²) >= 11 is 6.19. The van der Waals surface area contributed by atoms with E-state index >= 15 is 0 Å². The van der Waals surface area contributed by atoms with Crippen LogP contribution in [0.1, 0.15) is 24.8 Å². The maximum atomic E-state index is 11.8. The van der Waals surface area contributed by atoms with Crippen molar-refractivity contribution in [2.75, 3.05) is 27.2 Å². The minimum absolute atomic E-state index is 0. The van der Waals surface area contributed by atoms with Crippen molar-refractivity contribution in [3.05, 3.63) is 34.9 Å². The monoisotopic (exact) mass is 478 g/mol. The molecule has 6 nitrogen and oxygen atoms in total. The summed E-state index contributed by atoms with van der Waals surface area (Å²) in [5.74, 6) is 0.506. The van der Waals surface area contributed by atoms with E-state index in [0.717, 1.165) is 5.56 Å². The molecule has 2 amide bonds. The van der Waals surface area contributed by atoms with Crippen LogP contribution in [0.15, 0.2) is 29.3 Å². The maximum absolute atomic E-state index is 11.8. The van der Waals surface area contributed by atoms with Gasteiger partial charge in [0, 0.05) is 51.6 Å². The summed E-state index contributed by atoms with van der Waals surface area (Å²) in [7, 11) is 3.61. The summed E-state index contributed by atoms with van der Waals surface area (Å²) in [5, 5.41) is 3.90. The maximum Gasteiger partial charge on any atom is 0.229 e. The molecule has 138 valence electrons. The van der Waals surface area contributed by atoms with Gasteiger partial charge in [-0.3, -0.25) is 19.5 Å². The van der Waals surface area contributed by atoms with E-state index in [1.807, 2.05) is 36.2 Å². The SMILES string of the molecule is CN=C(NCCN1C(=O)CCCC1=O)N(C)Cc1ccccc1Cl.I. The number of rotatable bonds is 5. The van der Waals surface area contributed by atoms with E-state index < -0.39 is 0 Å². The van der Waals surface area contributed by atoms with Crippen molar-refractivity contribution in [2.45, 2.75) is 25.8 Å². The number of hydrogen-bond donors (Lipinski definition) is 1. The first-order valence-electron chi connectivity index (χ1n) is 8.01. The van der Waals surface area contributed by atoms with E-state index in [1.54, 1.807) is 7.05 Å². The van der Waals surface area contributed by atoms with E-state index in [4.69, 9.17) is 11.6 Å². The Labute approximate surface area is 170 Å². The molecule has 8 heteroatoms.